The maximum absolute atomic E-state index is 11.0. The van der Waals surface area contributed by atoms with Gasteiger partial charge < -0.3 is 20.3 Å². The van der Waals surface area contributed by atoms with Crippen LogP contribution in [0.25, 0.3) is 11.3 Å². The Kier molecular flexibility index (Phi) is 7.79. The summed E-state index contributed by atoms with van der Waals surface area (Å²) in [4.78, 5) is 22.3. The minimum Gasteiger partial charge on any atom is -0.497 e. The zero-order valence-electron chi connectivity index (χ0n) is 21.2. The zero-order valence-corrected chi connectivity index (χ0v) is 21.2. The number of benzene rings is 2. The van der Waals surface area contributed by atoms with E-state index in [4.69, 9.17) is 9.72 Å². The fraction of sp³-hybridized carbons (Fsp3) is 0.429. The van der Waals surface area contributed by atoms with Crippen molar-refractivity contribution in [3.05, 3.63) is 70.9 Å². The van der Waals surface area contributed by atoms with Gasteiger partial charge in [-0.1, -0.05) is 25.0 Å². The highest BCUT2D eigenvalue weighted by Crippen LogP contribution is 2.27. The minimum atomic E-state index is -0.351. The minimum absolute atomic E-state index is 0.129. The number of nitro benzene ring substituents is 1. The Morgan fingerprint density at radius 1 is 1.03 bits per heavy atom. The lowest BCUT2D eigenvalue weighted by atomic mass is 9.89. The van der Waals surface area contributed by atoms with Crippen molar-refractivity contribution in [2.24, 2.45) is 0 Å². The molecule has 2 N–H and O–H groups in total. The number of methoxy groups -OCH3 is 1. The number of piperidine rings is 1. The predicted octanol–water partition coefficient (Wildman–Crippen LogP) is 5.04. The van der Waals surface area contributed by atoms with Gasteiger partial charge in [0.2, 0.25) is 5.95 Å². The monoisotopic (exact) mass is 502 g/mol. The van der Waals surface area contributed by atoms with Gasteiger partial charge in [-0.25, -0.2) is 9.97 Å². The van der Waals surface area contributed by atoms with E-state index in [0.717, 1.165) is 61.5 Å². The zero-order chi connectivity index (χ0) is 25.6. The van der Waals surface area contributed by atoms with Crippen LogP contribution in [-0.4, -0.2) is 53.2 Å². The summed E-state index contributed by atoms with van der Waals surface area (Å²) in [7, 11) is 1.67. The van der Waals surface area contributed by atoms with E-state index in [1.54, 1.807) is 25.4 Å². The summed E-state index contributed by atoms with van der Waals surface area (Å²) in [5.41, 5.74) is 3.03. The van der Waals surface area contributed by atoms with E-state index in [2.05, 4.69) is 20.5 Å². The molecule has 2 aliphatic rings. The van der Waals surface area contributed by atoms with Crippen molar-refractivity contribution in [2.75, 3.05) is 30.4 Å². The molecule has 2 unspecified atom stereocenters. The Balaban J connectivity index is 1.24. The Morgan fingerprint density at radius 2 is 1.84 bits per heavy atom. The summed E-state index contributed by atoms with van der Waals surface area (Å²) in [5.74, 6) is 1.45. The fourth-order valence-electron chi connectivity index (χ4n) is 5.48. The van der Waals surface area contributed by atoms with Gasteiger partial charge in [0.1, 0.15) is 5.75 Å². The van der Waals surface area contributed by atoms with E-state index in [0.29, 0.717) is 18.0 Å². The van der Waals surface area contributed by atoms with Gasteiger partial charge in [0.15, 0.2) is 0 Å². The number of hydrogen-bond acceptors (Lipinski definition) is 8. The number of rotatable bonds is 8. The van der Waals surface area contributed by atoms with Gasteiger partial charge in [-0.05, 0) is 56.0 Å². The first kappa shape index (κ1) is 25.0. The molecular weight excluding hydrogens is 468 g/mol. The van der Waals surface area contributed by atoms with Crippen molar-refractivity contribution in [1.82, 2.24) is 15.3 Å². The van der Waals surface area contributed by atoms with Crippen molar-refractivity contribution >= 4 is 17.3 Å². The van der Waals surface area contributed by atoms with Crippen molar-refractivity contribution in [3.63, 3.8) is 0 Å². The highest BCUT2D eigenvalue weighted by Gasteiger charge is 2.30. The smallest absolute Gasteiger partial charge is 0.269 e. The first-order valence-electron chi connectivity index (χ1n) is 13.1. The Labute approximate surface area is 217 Å². The third-order valence-corrected chi connectivity index (χ3v) is 7.40. The maximum atomic E-state index is 11.0. The van der Waals surface area contributed by atoms with Crippen molar-refractivity contribution in [1.29, 1.82) is 0 Å². The largest absolute Gasteiger partial charge is 0.497 e. The first-order valence-corrected chi connectivity index (χ1v) is 13.1. The molecule has 0 radical (unpaired) electrons. The van der Waals surface area contributed by atoms with Crippen molar-refractivity contribution in [3.8, 4) is 17.0 Å². The van der Waals surface area contributed by atoms with Gasteiger partial charge in [0.25, 0.3) is 5.69 Å². The molecule has 2 aromatic carbocycles. The van der Waals surface area contributed by atoms with E-state index >= 15 is 0 Å². The van der Waals surface area contributed by atoms with Crippen LogP contribution in [0.3, 0.4) is 0 Å². The number of hydrogen-bond donors (Lipinski definition) is 2. The molecular formula is C28H34N6O3. The van der Waals surface area contributed by atoms with Gasteiger partial charge in [-0.2, -0.15) is 0 Å². The number of nitrogens with zero attached hydrogens (tertiary/aromatic N) is 4. The molecule has 1 aliphatic carbocycles. The van der Waals surface area contributed by atoms with E-state index in [-0.39, 0.29) is 16.7 Å². The molecule has 3 atom stereocenters. The second-order valence-corrected chi connectivity index (χ2v) is 9.86. The van der Waals surface area contributed by atoms with Gasteiger partial charge >= 0.3 is 0 Å². The van der Waals surface area contributed by atoms with Gasteiger partial charge in [0, 0.05) is 60.8 Å². The lowest BCUT2D eigenvalue weighted by molar-refractivity contribution is -0.384. The van der Waals surface area contributed by atoms with Crippen LogP contribution in [0.2, 0.25) is 0 Å². The molecule has 0 amide bonds. The van der Waals surface area contributed by atoms with Crippen LogP contribution in [0.15, 0.2) is 60.8 Å². The number of aromatic nitrogens is 2. The molecule has 1 aromatic heterocycles. The van der Waals surface area contributed by atoms with Crippen LogP contribution in [0.4, 0.5) is 17.3 Å². The maximum Gasteiger partial charge on any atom is 0.269 e. The average Bonchev–Trinajstić information content (AvgIpc) is 2.94. The second kappa shape index (κ2) is 11.6. The summed E-state index contributed by atoms with van der Waals surface area (Å²) in [6.07, 6.45) is 8.59. The molecule has 37 heavy (non-hydrogen) atoms. The number of anilines is 2. The Morgan fingerprint density at radius 3 is 2.62 bits per heavy atom. The van der Waals surface area contributed by atoms with E-state index in [1.807, 2.05) is 42.5 Å². The van der Waals surface area contributed by atoms with Crippen LogP contribution in [0, 0.1) is 10.1 Å². The normalized spacial score (nSPS) is 21.9. The van der Waals surface area contributed by atoms with Gasteiger partial charge in [-0.3, -0.25) is 10.1 Å². The number of ether oxygens (including phenoxy) is 1. The SMILES string of the molecule is COc1cccc(-c2ccnc(NC3CCCCC3N[C@H]3CCCN(c4ccc([N+](=O)[O-])cc4)C3)n2)c1. The van der Waals surface area contributed by atoms with E-state index in [9.17, 15) is 10.1 Å². The van der Waals surface area contributed by atoms with Crippen LogP contribution in [0.5, 0.6) is 5.75 Å². The molecule has 2 fully saturated rings. The molecule has 9 heteroatoms. The van der Waals surface area contributed by atoms with Crippen molar-refractivity contribution in [2.45, 2.75) is 56.7 Å². The van der Waals surface area contributed by atoms with Gasteiger partial charge in [-0.15, -0.1) is 0 Å². The van der Waals surface area contributed by atoms with Gasteiger partial charge in [0.05, 0.1) is 17.7 Å². The topological polar surface area (TPSA) is 105 Å². The third-order valence-electron chi connectivity index (χ3n) is 7.40. The fourth-order valence-corrected chi connectivity index (χ4v) is 5.48. The highest BCUT2D eigenvalue weighted by atomic mass is 16.6. The Hall–Kier alpha value is -3.72. The summed E-state index contributed by atoms with van der Waals surface area (Å²) in [5, 5.41) is 18.6. The molecule has 1 saturated heterocycles. The third kappa shape index (κ3) is 6.17. The summed E-state index contributed by atoms with van der Waals surface area (Å²) >= 11 is 0. The number of nitro groups is 1. The quantitative estimate of drug-likeness (QED) is 0.326. The molecule has 194 valence electrons. The molecule has 5 rings (SSSR count). The molecule has 1 aliphatic heterocycles. The van der Waals surface area contributed by atoms with Crippen LogP contribution < -0.4 is 20.3 Å². The summed E-state index contributed by atoms with van der Waals surface area (Å²) < 4.78 is 5.37. The molecule has 2 heterocycles. The lowest BCUT2D eigenvalue weighted by Gasteiger charge is -2.40. The molecule has 1 saturated carbocycles. The number of nitrogens with one attached hydrogen (secondary N) is 2. The van der Waals surface area contributed by atoms with E-state index < -0.39 is 0 Å². The second-order valence-electron chi connectivity index (χ2n) is 9.86. The predicted molar refractivity (Wildman–Crippen MR) is 145 cm³/mol. The molecule has 3 aromatic rings. The molecule has 9 nitrogen and oxygen atoms in total. The van der Waals surface area contributed by atoms with Crippen LogP contribution in [0.1, 0.15) is 38.5 Å². The highest BCUT2D eigenvalue weighted by molar-refractivity contribution is 5.62. The lowest BCUT2D eigenvalue weighted by Crippen LogP contribution is -2.55. The molecule has 0 bridgehead atoms. The summed E-state index contributed by atoms with van der Waals surface area (Å²) in [6, 6.07) is 17.7. The Bertz CT molecular complexity index is 1200. The standard InChI is InChI=1S/C28H34N6O3/c1-37-24-8-4-6-20(18-24)25-15-16-29-28(31-25)32-27-10-3-2-9-26(27)30-21-7-5-17-33(19-21)22-11-13-23(14-12-22)34(35)36/h4,6,8,11-16,18,21,26-27,30H,2-3,5,7,9-10,17,19H2,1H3,(H,29,31,32)/t21-,26?,27?/m0/s1. The average molecular weight is 503 g/mol. The van der Waals surface area contributed by atoms with Crippen molar-refractivity contribution < 1.29 is 9.66 Å². The molecule has 0 spiro atoms. The van der Waals surface area contributed by atoms with E-state index in [1.165, 1.54) is 12.8 Å². The first-order chi connectivity index (χ1) is 18.1. The van der Waals surface area contributed by atoms with Crippen LogP contribution >= 0.6 is 0 Å². The number of non-ortho nitro benzene ring substituents is 1. The summed E-state index contributed by atoms with van der Waals surface area (Å²) in [6.45, 7) is 1.86. The van der Waals surface area contributed by atoms with Crippen LogP contribution in [-0.2, 0) is 0 Å².